The highest BCUT2D eigenvalue weighted by Crippen LogP contribution is 2.34. The number of rotatable bonds is 7. The minimum atomic E-state index is -0.189. The monoisotopic (exact) mass is 357 g/mol. The van der Waals surface area contributed by atoms with E-state index in [-0.39, 0.29) is 6.04 Å². The lowest BCUT2D eigenvalue weighted by atomic mass is 10.2. The maximum atomic E-state index is 5.80. The van der Waals surface area contributed by atoms with Crippen molar-refractivity contribution in [3.8, 4) is 27.3 Å². The lowest BCUT2D eigenvalue weighted by Crippen LogP contribution is -2.02. The molecule has 1 aliphatic rings. The third kappa shape index (κ3) is 4.00. The maximum absolute atomic E-state index is 5.80. The first-order valence-corrected chi connectivity index (χ1v) is 9.08. The normalized spacial score (nSPS) is 15.1. The highest BCUT2D eigenvalue weighted by molar-refractivity contribution is 7.16. The van der Waals surface area contributed by atoms with Crippen molar-refractivity contribution in [3.63, 3.8) is 0 Å². The number of nitrogens with two attached hydrogens (primary N) is 1. The van der Waals surface area contributed by atoms with Gasteiger partial charge < -0.3 is 19.7 Å². The van der Waals surface area contributed by atoms with Gasteiger partial charge in [0.1, 0.15) is 17.2 Å². The fraction of sp³-hybridized carbons (Fsp3) is 0.333. The average Bonchev–Trinajstić information content (AvgIpc) is 3.10. The van der Waals surface area contributed by atoms with Gasteiger partial charge in [0.15, 0.2) is 5.76 Å². The van der Waals surface area contributed by atoms with Crippen LogP contribution in [0.3, 0.4) is 0 Å². The van der Waals surface area contributed by atoms with Crippen LogP contribution in [-0.4, -0.2) is 16.7 Å². The Kier molecular flexibility index (Phi) is 4.42. The zero-order valence-electron chi connectivity index (χ0n) is 13.8. The van der Waals surface area contributed by atoms with Gasteiger partial charge in [-0.2, -0.15) is 0 Å². The molecule has 2 heterocycles. The molecule has 1 unspecified atom stereocenters. The minimum absolute atomic E-state index is 0.189. The van der Waals surface area contributed by atoms with Crippen LogP contribution in [0.1, 0.15) is 31.6 Å². The Labute approximate surface area is 149 Å². The summed E-state index contributed by atoms with van der Waals surface area (Å²) >= 11 is 1.40. The van der Waals surface area contributed by atoms with Crippen LogP contribution in [0.2, 0.25) is 0 Å². The first kappa shape index (κ1) is 16.1. The van der Waals surface area contributed by atoms with Crippen molar-refractivity contribution in [3.05, 3.63) is 42.3 Å². The fourth-order valence-corrected chi connectivity index (χ4v) is 2.98. The van der Waals surface area contributed by atoms with Gasteiger partial charge in [0.2, 0.25) is 0 Å². The summed E-state index contributed by atoms with van der Waals surface area (Å²) in [6.45, 7) is 2.65. The van der Waals surface area contributed by atoms with E-state index >= 15 is 0 Å². The van der Waals surface area contributed by atoms with Gasteiger partial charge in [0, 0.05) is 6.07 Å². The van der Waals surface area contributed by atoms with Crippen LogP contribution in [0.4, 0.5) is 0 Å². The molecule has 1 aromatic carbocycles. The van der Waals surface area contributed by atoms with Gasteiger partial charge in [0.25, 0.3) is 5.19 Å². The Hall–Kier alpha value is -2.38. The molecule has 1 aliphatic carbocycles. The van der Waals surface area contributed by atoms with Crippen LogP contribution in [-0.2, 0) is 0 Å². The summed E-state index contributed by atoms with van der Waals surface area (Å²) in [4.78, 5) is 5.15. The number of hydrogen-bond acceptors (Lipinski definition) is 7. The highest BCUT2D eigenvalue weighted by atomic mass is 32.1. The summed E-state index contributed by atoms with van der Waals surface area (Å²) in [5.74, 6) is 2.97. The summed E-state index contributed by atoms with van der Waals surface area (Å²) in [6.07, 6.45) is 4.28. The topological polar surface area (TPSA) is 83.4 Å². The Balaban J connectivity index is 1.39. The average molecular weight is 357 g/mol. The third-order valence-corrected chi connectivity index (χ3v) is 4.82. The molecule has 1 fully saturated rings. The number of hydrogen-bond donors (Lipinski definition) is 1. The van der Waals surface area contributed by atoms with Crippen molar-refractivity contribution in [2.24, 2.45) is 11.7 Å². The molecule has 1 saturated carbocycles. The lowest BCUT2D eigenvalue weighted by molar-refractivity contribution is 0.299. The van der Waals surface area contributed by atoms with E-state index < -0.39 is 0 Å². The predicted molar refractivity (Wildman–Crippen MR) is 94.9 cm³/mol. The molecule has 0 spiro atoms. The first-order valence-electron chi connectivity index (χ1n) is 8.26. The van der Waals surface area contributed by atoms with Gasteiger partial charge in [-0.15, -0.1) is 0 Å². The molecule has 0 aliphatic heterocycles. The molecule has 0 radical (unpaired) electrons. The van der Waals surface area contributed by atoms with Crippen LogP contribution in [0.25, 0.3) is 10.6 Å². The standard InChI is InChI=1S/C18H19N3O3S/c1-11(19)16-8-15(21-24-16)17-9-20-18(25-17)23-14-6-4-13(5-7-14)22-10-12-2-3-12/h4-9,11-12H,2-3,10,19H2,1H3. The number of thiazole rings is 1. The van der Waals surface area contributed by atoms with Gasteiger partial charge >= 0.3 is 0 Å². The molecule has 6 nitrogen and oxygen atoms in total. The molecule has 4 rings (SSSR count). The molecule has 3 aromatic rings. The smallest absolute Gasteiger partial charge is 0.279 e. The van der Waals surface area contributed by atoms with E-state index in [1.54, 1.807) is 6.20 Å². The molecule has 7 heteroatoms. The van der Waals surface area contributed by atoms with Gasteiger partial charge in [0.05, 0.1) is 23.7 Å². The molecule has 130 valence electrons. The molecular formula is C18H19N3O3S. The van der Waals surface area contributed by atoms with E-state index in [1.807, 2.05) is 37.3 Å². The van der Waals surface area contributed by atoms with Crippen molar-refractivity contribution in [1.29, 1.82) is 0 Å². The van der Waals surface area contributed by atoms with E-state index in [2.05, 4.69) is 10.1 Å². The van der Waals surface area contributed by atoms with Crippen molar-refractivity contribution in [1.82, 2.24) is 10.1 Å². The number of ether oxygens (including phenoxy) is 2. The zero-order chi connectivity index (χ0) is 17.2. The van der Waals surface area contributed by atoms with E-state index in [0.29, 0.717) is 16.6 Å². The second-order valence-electron chi connectivity index (χ2n) is 6.22. The predicted octanol–water partition coefficient (Wildman–Crippen LogP) is 4.40. The third-order valence-electron chi connectivity index (χ3n) is 3.93. The summed E-state index contributed by atoms with van der Waals surface area (Å²) in [5, 5.41) is 4.57. The first-order chi connectivity index (χ1) is 12.2. The Morgan fingerprint density at radius 2 is 2.04 bits per heavy atom. The second-order valence-corrected chi connectivity index (χ2v) is 7.21. The van der Waals surface area contributed by atoms with Gasteiger partial charge in [-0.25, -0.2) is 4.98 Å². The van der Waals surface area contributed by atoms with E-state index in [4.69, 9.17) is 19.7 Å². The number of nitrogens with zero attached hydrogens (tertiary/aromatic N) is 2. The van der Waals surface area contributed by atoms with Crippen molar-refractivity contribution >= 4 is 11.3 Å². The van der Waals surface area contributed by atoms with Gasteiger partial charge in [-0.3, -0.25) is 0 Å². The Morgan fingerprint density at radius 3 is 2.72 bits per heavy atom. The summed E-state index contributed by atoms with van der Waals surface area (Å²) in [6, 6.07) is 9.23. The highest BCUT2D eigenvalue weighted by Gasteiger charge is 2.21. The van der Waals surface area contributed by atoms with E-state index in [1.165, 1.54) is 24.2 Å². The Bertz CT molecular complexity index is 837. The summed E-state index contributed by atoms with van der Waals surface area (Å²) in [5.41, 5.74) is 6.50. The number of benzene rings is 1. The Morgan fingerprint density at radius 1 is 1.28 bits per heavy atom. The molecule has 0 amide bonds. The zero-order valence-corrected chi connectivity index (χ0v) is 14.7. The van der Waals surface area contributed by atoms with Crippen LogP contribution >= 0.6 is 11.3 Å². The molecular weight excluding hydrogens is 338 g/mol. The van der Waals surface area contributed by atoms with E-state index in [9.17, 15) is 0 Å². The van der Waals surface area contributed by atoms with Crippen LogP contribution in [0, 0.1) is 5.92 Å². The second kappa shape index (κ2) is 6.85. The quantitative estimate of drug-likeness (QED) is 0.675. The molecule has 0 bridgehead atoms. The van der Waals surface area contributed by atoms with Crippen molar-refractivity contribution in [2.45, 2.75) is 25.8 Å². The largest absolute Gasteiger partial charge is 0.493 e. The van der Waals surface area contributed by atoms with Gasteiger partial charge in [-0.05, 0) is 49.9 Å². The van der Waals surface area contributed by atoms with Crippen molar-refractivity contribution in [2.75, 3.05) is 6.61 Å². The fourth-order valence-electron chi connectivity index (χ4n) is 2.25. The molecule has 2 aromatic heterocycles. The molecule has 2 N–H and O–H groups in total. The SMILES string of the molecule is CC(N)c1cc(-c2cnc(Oc3ccc(OCC4CC4)cc3)s2)no1. The summed E-state index contributed by atoms with van der Waals surface area (Å²) in [7, 11) is 0. The molecule has 25 heavy (non-hydrogen) atoms. The maximum Gasteiger partial charge on any atom is 0.279 e. The minimum Gasteiger partial charge on any atom is -0.493 e. The molecule has 0 saturated heterocycles. The van der Waals surface area contributed by atoms with Crippen LogP contribution in [0.5, 0.6) is 16.7 Å². The summed E-state index contributed by atoms with van der Waals surface area (Å²) < 4.78 is 16.7. The van der Waals surface area contributed by atoms with E-state index in [0.717, 1.165) is 28.9 Å². The van der Waals surface area contributed by atoms with Crippen molar-refractivity contribution < 1.29 is 14.0 Å². The number of aromatic nitrogens is 2. The van der Waals surface area contributed by atoms with Crippen LogP contribution in [0.15, 0.2) is 41.1 Å². The van der Waals surface area contributed by atoms with Crippen LogP contribution < -0.4 is 15.2 Å². The lowest BCUT2D eigenvalue weighted by Gasteiger charge is -2.06. The molecule has 1 atom stereocenters. The van der Waals surface area contributed by atoms with Gasteiger partial charge in [-0.1, -0.05) is 16.5 Å².